The van der Waals surface area contributed by atoms with Crippen molar-refractivity contribution in [3.05, 3.63) is 0 Å². The molecule has 0 aliphatic heterocycles. The molecule has 2 nitrogen and oxygen atoms in total. The maximum Gasteiger partial charge on any atom is 1.00 e. The van der Waals surface area contributed by atoms with Crippen molar-refractivity contribution in [2.45, 2.75) is 13.8 Å². The maximum atomic E-state index is 7.32. The van der Waals surface area contributed by atoms with Gasteiger partial charge in [0.15, 0.2) is 0 Å². The molecule has 0 saturated carbocycles. The molecule has 0 unspecified atom stereocenters. The van der Waals surface area contributed by atoms with Gasteiger partial charge in [-0.3, -0.25) is 0 Å². The first-order valence-electron chi connectivity index (χ1n) is 1.45. The van der Waals surface area contributed by atoms with Gasteiger partial charge >= 0.3 is 17.1 Å². The predicted molar refractivity (Wildman–Crippen MR) is 22.6 cm³/mol. The Morgan fingerprint density at radius 2 is 1.00 bits per heavy atom. The molecule has 0 bridgehead atoms. The average molecular weight is 146 g/mol. The van der Waals surface area contributed by atoms with Crippen molar-refractivity contribution >= 4 is 0 Å². The molecule has 0 radical (unpaired) electrons. The van der Waals surface area contributed by atoms with Gasteiger partial charge in [0.2, 0.25) is 0 Å². The molecule has 0 aromatic rings. The molecule has 0 spiro atoms. The van der Waals surface area contributed by atoms with Crippen molar-refractivity contribution in [1.29, 1.82) is 10.5 Å². The molecular formula is C4H6CuN2+. The monoisotopic (exact) mass is 145 g/mol. The molecule has 42 valence electrons. The van der Waals surface area contributed by atoms with E-state index in [0.29, 0.717) is 0 Å². The van der Waals surface area contributed by atoms with Crippen molar-refractivity contribution < 1.29 is 17.1 Å². The molecule has 0 saturated heterocycles. The van der Waals surface area contributed by atoms with Gasteiger partial charge in [0, 0.05) is 13.8 Å². The molecule has 3 heteroatoms. The van der Waals surface area contributed by atoms with E-state index in [4.69, 9.17) is 10.5 Å². The fourth-order valence-corrected chi connectivity index (χ4v) is 0. The van der Waals surface area contributed by atoms with Gasteiger partial charge in [-0.25, -0.2) is 0 Å². The summed E-state index contributed by atoms with van der Waals surface area (Å²) in [6.07, 6.45) is 0. The van der Waals surface area contributed by atoms with Crippen molar-refractivity contribution in [1.82, 2.24) is 0 Å². The van der Waals surface area contributed by atoms with Crippen LogP contribution >= 0.6 is 0 Å². The molecule has 0 aromatic carbocycles. The summed E-state index contributed by atoms with van der Waals surface area (Å²) in [5.74, 6) is 0. The summed E-state index contributed by atoms with van der Waals surface area (Å²) >= 11 is 0. The Hall–Kier alpha value is -0.501. The summed E-state index contributed by atoms with van der Waals surface area (Å²) < 4.78 is 0. The van der Waals surface area contributed by atoms with E-state index in [0.717, 1.165) is 0 Å². The zero-order valence-corrected chi connectivity index (χ0v) is 5.14. The van der Waals surface area contributed by atoms with E-state index >= 15 is 0 Å². The standard InChI is InChI=1S/2C2H3N.Cu/c2*1-2-3;/h2*1H3;/q;;+1. The van der Waals surface area contributed by atoms with Crippen LogP contribution in [0.15, 0.2) is 0 Å². The SMILES string of the molecule is CC#N.CC#N.[Cu+]. The second-order valence-corrected chi connectivity index (χ2v) is 0.447. The Bertz CT molecular complexity index is 64.7. The summed E-state index contributed by atoms with van der Waals surface area (Å²) in [5.41, 5.74) is 0. The normalized spacial score (nSPS) is 2.29. The Kier molecular flexibility index (Phi) is 114. The van der Waals surface area contributed by atoms with Gasteiger partial charge in [-0.2, -0.15) is 10.5 Å². The molecule has 7 heavy (non-hydrogen) atoms. The Labute approximate surface area is 54.2 Å². The molecule has 0 rings (SSSR count). The van der Waals surface area contributed by atoms with E-state index in [-0.39, 0.29) is 17.1 Å². The number of nitrogens with zero attached hydrogens (tertiary/aromatic N) is 2. The average Bonchev–Trinajstić information content (AvgIpc) is 1.39. The van der Waals surface area contributed by atoms with Crippen LogP contribution in [0.3, 0.4) is 0 Å². The minimum Gasteiger partial charge on any atom is -0.199 e. The summed E-state index contributed by atoms with van der Waals surface area (Å²) in [6, 6.07) is 3.50. The van der Waals surface area contributed by atoms with E-state index in [2.05, 4.69) is 0 Å². The Balaban J connectivity index is -0.0000000400. The van der Waals surface area contributed by atoms with Gasteiger partial charge in [-0.1, -0.05) is 0 Å². The third-order valence-electron chi connectivity index (χ3n) is 0. The third-order valence-corrected chi connectivity index (χ3v) is 0. The smallest absolute Gasteiger partial charge is 0.199 e. The third kappa shape index (κ3) is 269. The largest absolute Gasteiger partial charge is 1.00 e. The van der Waals surface area contributed by atoms with Crippen LogP contribution in [0.25, 0.3) is 0 Å². The summed E-state index contributed by atoms with van der Waals surface area (Å²) in [5, 5.41) is 14.6. The van der Waals surface area contributed by atoms with E-state index in [1.54, 1.807) is 12.1 Å². The van der Waals surface area contributed by atoms with Crippen molar-refractivity contribution in [3.8, 4) is 12.1 Å². The predicted octanol–water partition coefficient (Wildman–Crippen LogP) is 1.06. The van der Waals surface area contributed by atoms with Gasteiger partial charge < -0.3 is 0 Å². The van der Waals surface area contributed by atoms with Crippen LogP contribution in [0.2, 0.25) is 0 Å². The fraction of sp³-hybridized carbons (Fsp3) is 0.500. The van der Waals surface area contributed by atoms with E-state index < -0.39 is 0 Å². The van der Waals surface area contributed by atoms with Crippen molar-refractivity contribution in [3.63, 3.8) is 0 Å². The minimum absolute atomic E-state index is 0. The Morgan fingerprint density at radius 1 is 1.00 bits per heavy atom. The minimum atomic E-state index is 0. The zero-order chi connectivity index (χ0) is 5.41. The second-order valence-electron chi connectivity index (χ2n) is 0.447. The first kappa shape index (κ1) is 16.1. The van der Waals surface area contributed by atoms with Gasteiger partial charge in [-0.15, -0.1) is 0 Å². The quantitative estimate of drug-likeness (QED) is 0.479. The zero-order valence-electron chi connectivity index (χ0n) is 4.20. The van der Waals surface area contributed by atoms with Crippen LogP contribution in [0, 0.1) is 22.7 Å². The topological polar surface area (TPSA) is 47.6 Å². The molecule has 0 aliphatic rings. The van der Waals surface area contributed by atoms with Crippen LogP contribution < -0.4 is 0 Å². The maximum absolute atomic E-state index is 7.32. The summed E-state index contributed by atoms with van der Waals surface area (Å²) in [7, 11) is 0. The molecule has 0 heterocycles. The van der Waals surface area contributed by atoms with Crippen LogP contribution in [0.5, 0.6) is 0 Å². The van der Waals surface area contributed by atoms with E-state index in [1.807, 2.05) is 0 Å². The van der Waals surface area contributed by atoms with Gasteiger partial charge in [0.25, 0.3) is 0 Å². The van der Waals surface area contributed by atoms with Crippen molar-refractivity contribution in [2.75, 3.05) is 0 Å². The first-order valence-corrected chi connectivity index (χ1v) is 1.45. The van der Waals surface area contributed by atoms with Crippen LogP contribution in [0.1, 0.15) is 13.8 Å². The number of nitriles is 2. The molecule has 0 aliphatic carbocycles. The molecule has 0 atom stereocenters. The second kappa shape index (κ2) is 49.5. The number of hydrogen-bond donors (Lipinski definition) is 0. The summed E-state index contributed by atoms with van der Waals surface area (Å²) in [6.45, 7) is 2.86. The van der Waals surface area contributed by atoms with Gasteiger partial charge in [-0.05, 0) is 0 Å². The number of rotatable bonds is 0. The van der Waals surface area contributed by atoms with Crippen LogP contribution in [0.4, 0.5) is 0 Å². The molecule has 0 N–H and O–H groups in total. The summed E-state index contributed by atoms with van der Waals surface area (Å²) in [4.78, 5) is 0. The van der Waals surface area contributed by atoms with Gasteiger partial charge in [0.1, 0.15) is 0 Å². The van der Waals surface area contributed by atoms with Gasteiger partial charge in [0.05, 0.1) is 12.1 Å². The molecule has 0 fully saturated rings. The fourth-order valence-electron chi connectivity index (χ4n) is 0. The molecule has 0 aromatic heterocycles. The van der Waals surface area contributed by atoms with Crippen molar-refractivity contribution in [2.24, 2.45) is 0 Å². The molecular weight excluding hydrogens is 140 g/mol. The first-order chi connectivity index (χ1) is 2.83. The Morgan fingerprint density at radius 3 is 1.00 bits per heavy atom. The van der Waals surface area contributed by atoms with E-state index in [1.165, 1.54) is 13.8 Å². The van der Waals surface area contributed by atoms with E-state index in [9.17, 15) is 0 Å². The molecule has 0 amide bonds. The van der Waals surface area contributed by atoms with Crippen LogP contribution in [-0.4, -0.2) is 0 Å². The number of hydrogen-bond acceptors (Lipinski definition) is 2. The van der Waals surface area contributed by atoms with Crippen LogP contribution in [-0.2, 0) is 17.1 Å².